The lowest BCUT2D eigenvalue weighted by molar-refractivity contribution is 0.0937. The summed E-state index contributed by atoms with van der Waals surface area (Å²) in [4.78, 5) is 17.5. The molecule has 0 aliphatic rings. The van der Waals surface area contributed by atoms with Crippen molar-refractivity contribution in [1.29, 1.82) is 0 Å². The predicted octanol–water partition coefficient (Wildman–Crippen LogP) is 3.25. The van der Waals surface area contributed by atoms with Crippen molar-refractivity contribution >= 4 is 39.8 Å². The molecule has 4 nitrogen and oxygen atoms in total. The lowest BCUT2D eigenvalue weighted by Gasteiger charge is -2.12. The van der Waals surface area contributed by atoms with Crippen LogP contribution < -0.4 is 5.32 Å². The van der Waals surface area contributed by atoms with Crippen LogP contribution in [0.15, 0.2) is 24.4 Å². The number of hydrogen-bond acceptors (Lipinski definition) is 4. The zero-order valence-corrected chi connectivity index (χ0v) is 13.4. The number of aryl methyl sites for hydroxylation is 1. The summed E-state index contributed by atoms with van der Waals surface area (Å²) in [6, 6.07) is 4.75. The molecule has 2 N–H and O–H groups in total. The van der Waals surface area contributed by atoms with Crippen LogP contribution in [0.25, 0.3) is 0 Å². The molecule has 0 saturated carbocycles. The van der Waals surface area contributed by atoms with Gasteiger partial charge in [0.15, 0.2) is 0 Å². The highest BCUT2D eigenvalue weighted by Gasteiger charge is 2.16. The van der Waals surface area contributed by atoms with E-state index < -0.39 is 0 Å². The highest BCUT2D eigenvalue weighted by molar-refractivity contribution is 14.1. The Morgan fingerprint density at radius 3 is 2.89 bits per heavy atom. The van der Waals surface area contributed by atoms with Crippen LogP contribution in [0.4, 0.5) is 0 Å². The van der Waals surface area contributed by atoms with Crippen molar-refractivity contribution in [2.45, 2.75) is 19.9 Å². The second kappa shape index (κ2) is 5.87. The number of phenols is 1. The van der Waals surface area contributed by atoms with Gasteiger partial charge in [-0.05, 0) is 54.6 Å². The molecule has 1 heterocycles. The van der Waals surface area contributed by atoms with E-state index in [1.807, 2.05) is 13.8 Å². The van der Waals surface area contributed by atoms with E-state index in [1.165, 1.54) is 6.07 Å². The fourth-order valence-electron chi connectivity index (χ4n) is 1.60. The van der Waals surface area contributed by atoms with E-state index in [0.717, 1.165) is 13.5 Å². The molecular weight excluding hydrogens is 375 g/mol. The van der Waals surface area contributed by atoms with Crippen molar-refractivity contribution in [2.75, 3.05) is 0 Å². The first-order valence-corrected chi connectivity index (χ1v) is 7.58. The fraction of sp³-hybridized carbons (Fsp3) is 0.231. The van der Waals surface area contributed by atoms with Gasteiger partial charge >= 0.3 is 0 Å². The summed E-state index contributed by atoms with van der Waals surface area (Å²) >= 11 is 3.65. The number of rotatable bonds is 3. The SMILES string of the molecule is Cc1cnc(C(C)NC(=O)c2cc(I)ccc2O)s1. The van der Waals surface area contributed by atoms with Gasteiger partial charge in [0.1, 0.15) is 10.8 Å². The molecule has 100 valence electrons. The van der Waals surface area contributed by atoms with E-state index in [2.05, 4.69) is 32.9 Å². The van der Waals surface area contributed by atoms with Crippen molar-refractivity contribution in [3.8, 4) is 5.75 Å². The molecule has 0 bridgehead atoms. The topological polar surface area (TPSA) is 62.2 Å². The number of carbonyl (C=O) groups is 1. The van der Waals surface area contributed by atoms with Gasteiger partial charge in [-0.3, -0.25) is 4.79 Å². The van der Waals surface area contributed by atoms with Gasteiger partial charge < -0.3 is 10.4 Å². The normalized spacial score (nSPS) is 12.2. The van der Waals surface area contributed by atoms with Gasteiger partial charge in [0.25, 0.3) is 5.91 Å². The summed E-state index contributed by atoms with van der Waals surface area (Å²) in [5.41, 5.74) is 0.284. The first-order valence-electron chi connectivity index (χ1n) is 5.69. The number of halogens is 1. The fourth-order valence-corrected chi connectivity index (χ4v) is 2.87. The highest BCUT2D eigenvalue weighted by atomic mass is 127. The number of phenolic OH excluding ortho intramolecular Hbond substituents is 1. The van der Waals surface area contributed by atoms with Crippen LogP contribution in [-0.4, -0.2) is 16.0 Å². The summed E-state index contributed by atoms with van der Waals surface area (Å²) < 4.78 is 0.901. The van der Waals surface area contributed by atoms with E-state index >= 15 is 0 Å². The monoisotopic (exact) mass is 388 g/mol. The Hall–Kier alpha value is -1.15. The molecular formula is C13H13IN2O2S. The maximum Gasteiger partial charge on any atom is 0.255 e. The van der Waals surface area contributed by atoms with Crippen molar-refractivity contribution in [3.05, 3.63) is 43.4 Å². The van der Waals surface area contributed by atoms with Crippen LogP contribution in [0.2, 0.25) is 0 Å². The number of benzene rings is 1. The Labute approximate surface area is 129 Å². The molecule has 2 aromatic rings. The zero-order chi connectivity index (χ0) is 14.0. The molecule has 0 aliphatic carbocycles. The van der Waals surface area contributed by atoms with Crippen LogP contribution >= 0.6 is 33.9 Å². The van der Waals surface area contributed by atoms with Crippen LogP contribution in [0.1, 0.15) is 33.2 Å². The van der Waals surface area contributed by atoms with Gasteiger partial charge in [0.2, 0.25) is 0 Å². The Morgan fingerprint density at radius 2 is 2.26 bits per heavy atom. The number of nitrogens with zero attached hydrogens (tertiary/aromatic N) is 1. The lowest BCUT2D eigenvalue weighted by Crippen LogP contribution is -2.26. The molecule has 0 spiro atoms. The maximum absolute atomic E-state index is 12.1. The Kier molecular flexibility index (Phi) is 4.41. The van der Waals surface area contributed by atoms with Crippen LogP contribution in [0.3, 0.4) is 0 Å². The summed E-state index contributed by atoms with van der Waals surface area (Å²) in [5, 5.41) is 13.4. The third kappa shape index (κ3) is 3.44. The first-order chi connectivity index (χ1) is 8.97. The molecule has 6 heteroatoms. The number of aromatic nitrogens is 1. The van der Waals surface area contributed by atoms with E-state index in [1.54, 1.807) is 29.7 Å². The first kappa shape index (κ1) is 14.3. The largest absolute Gasteiger partial charge is 0.507 e. The average Bonchev–Trinajstić information content (AvgIpc) is 2.79. The van der Waals surface area contributed by atoms with Crippen LogP contribution in [-0.2, 0) is 0 Å². The van der Waals surface area contributed by atoms with E-state index in [0.29, 0.717) is 0 Å². The van der Waals surface area contributed by atoms with Crippen molar-refractivity contribution < 1.29 is 9.90 Å². The van der Waals surface area contributed by atoms with E-state index in [-0.39, 0.29) is 23.3 Å². The third-order valence-electron chi connectivity index (χ3n) is 2.56. The summed E-state index contributed by atoms with van der Waals surface area (Å²) in [6.07, 6.45) is 1.78. The van der Waals surface area contributed by atoms with Crippen molar-refractivity contribution in [1.82, 2.24) is 10.3 Å². The molecule has 1 amide bonds. The highest BCUT2D eigenvalue weighted by Crippen LogP contribution is 2.22. The molecule has 19 heavy (non-hydrogen) atoms. The summed E-state index contributed by atoms with van der Waals surface area (Å²) in [5.74, 6) is -0.309. The van der Waals surface area contributed by atoms with Crippen LogP contribution in [0, 0.1) is 10.5 Å². The number of nitrogens with one attached hydrogen (secondary N) is 1. The number of carbonyl (C=O) groups excluding carboxylic acids is 1. The molecule has 0 aliphatic heterocycles. The second-order valence-corrected chi connectivity index (χ2v) is 6.68. The van der Waals surface area contributed by atoms with E-state index in [9.17, 15) is 9.90 Å². The van der Waals surface area contributed by atoms with Crippen LogP contribution in [0.5, 0.6) is 5.75 Å². The molecule has 1 aromatic carbocycles. The second-order valence-electron chi connectivity index (χ2n) is 4.17. The smallest absolute Gasteiger partial charge is 0.255 e. The molecule has 2 rings (SSSR count). The summed E-state index contributed by atoms with van der Waals surface area (Å²) in [6.45, 7) is 3.85. The van der Waals surface area contributed by atoms with Gasteiger partial charge in [-0.15, -0.1) is 11.3 Å². The van der Waals surface area contributed by atoms with Crippen molar-refractivity contribution in [3.63, 3.8) is 0 Å². The number of hydrogen-bond donors (Lipinski definition) is 2. The number of thiazole rings is 1. The maximum atomic E-state index is 12.1. The Balaban J connectivity index is 2.15. The van der Waals surface area contributed by atoms with Crippen molar-refractivity contribution in [2.24, 2.45) is 0 Å². The minimum atomic E-state index is -0.295. The number of aromatic hydroxyl groups is 1. The van der Waals surface area contributed by atoms with Gasteiger partial charge in [-0.1, -0.05) is 0 Å². The third-order valence-corrected chi connectivity index (χ3v) is 4.33. The van der Waals surface area contributed by atoms with Gasteiger partial charge in [0, 0.05) is 14.6 Å². The molecule has 0 radical (unpaired) electrons. The molecule has 0 saturated heterocycles. The molecule has 0 fully saturated rings. The zero-order valence-electron chi connectivity index (χ0n) is 10.5. The summed E-state index contributed by atoms with van der Waals surface area (Å²) in [7, 11) is 0. The number of amides is 1. The van der Waals surface area contributed by atoms with Gasteiger partial charge in [-0.2, -0.15) is 0 Å². The minimum absolute atomic E-state index is 0.0135. The van der Waals surface area contributed by atoms with E-state index in [4.69, 9.17) is 0 Å². The quantitative estimate of drug-likeness (QED) is 0.794. The van der Waals surface area contributed by atoms with Gasteiger partial charge in [0.05, 0.1) is 11.6 Å². The standard InChI is InChI=1S/C13H13IN2O2S/c1-7-6-15-13(19-7)8(2)16-12(18)10-5-9(14)3-4-11(10)17/h3-6,8,17H,1-2H3,(H,16,18). The molecule has 1 unspecified atom stereocenters. The van der Waals surface area contributed by atoms with Gasteiger partial charge in [-0.25, -0.2) is 4.98 Å². The average molecular weight is 388 g/mol. The lowest BCUT2D eigenvalue weighted by atomic mass is 10.2. The predicted molar refractivity (Wildman–Crippen MR) is 83.6 cm³/mol. The molecule has 1 aromatic heterocycles. The Bertz CT molecular complexity index is 612. The Morgan fingerprint density at radius 1 is 1.53 bits per heavy atom. The minimum Gasteiger partial charge on any atom is -0.507 e. The molecule has 1 atom stereocenters.